The van der Waals surface area contributed by atoms with E-state index in [2.05, 4.69) is 5.10 Å². The van der Waals surface area contributed by atoms with E-state index in [-0.39, 0.29) is 12.4 Å². The fourth-order valence-corrected chi connectivity index (χ4v) is 2.43. The lowest BCUT2D eigenvalue weighted by Gasteiger charge is -2.05. The summed E-state index contributed by atoms with van der Waals surface area (Å²) in [6.45, 7) is 0.238. The molecule has 0 atom stereocenters. The summed E-state index contributed by atoms with van der Waals surface area (Å²) in [4.78, 5) is 12.0. The minimum Gasteiger partial charge on any atom is -0.486 e. The SMILES string of the molecule is Cn1nccc1C(=O)/C=C\c1ccc(COc2ccc(Cl)c(Cl)c2)o1. The molecule has 3 rings (SSSR count). The highest BCUT2D eigenvalue weighted by Gasteiger charge is 2.07. The molecule has 3 aromatic rings. The average Bonchev–Trinajstić information content (AvgIpc) is 3.22. The number of furan rings is 1. The lowest BCUT2D eigenvalue weighted by molar-refractivity contribution is 0.103. The molecule has 0 saturated carbocycles. The first kappa shape index (κ1) is 17.3. The molecule has 0 bridgehead atoms. The van der Waals surface area contributed by atoms with Gasteiger partial charge in [0.15, 0.2) is 0 Å². The normalized spacial score (nSPS) is 11.2. The number of rotatable bonds is 6. The van der Waals surface area contributed by atoms with Gasteiger partial charge in [0.25, 0.3) is 0 Å². The molecule has 0 aliphatic rings. The molecule has 0 fully saturated rings. The molecule has 1 aromatic carbocycles. The number of hydrogen-bond donors (Lipinski definition) is 0. The second-order valence-corrected chi connectivity index (χ2v) is 6.02. The molecule has 7 heteroatoms. The van der Waals surface area contributed by atoms with E-state index in [0.29, 0.717) is 33.0 Å². The van der Waals surface area contributed by atoms with Crippen molar-refractivity contribution < 1.29 is 13.9 Å². The first-order valence-corrected chi connectivity index (χ1v) is 8.15. The van der Waals surface area contributed by atoms with Gasteiger partial charge in [0.05, 0.1) is 10.0 Å². The number of allylic oxidation sites excluding steroid dienone is 1. The predicted molar refractivity (Wildman–Crippen MR) is 96.1 cm³/mol. The number of ether oxygens (including phenoxy) is 1. The third-order valence-electron chi connectivity index (χ3n) is 3.43. The molecular weight excluding hydrogens is 363 g/mol. The Hall–Kier alpha value is -2.50. The first-order chi connectivity index (χ1) is 12.0. The van der Waals surface area contributed by atoms with Crippen LogP contribution in [0, 0.1) is 0 Å². The molecule has 2 heterocycles. The van der Waals surface area contributed by atoms with Gasteiger partial charge in [0.2, 0.25) is 5.78 Å². The molecule has 0 unspecified atom stereocenters. The van der Waals surface area contributed by atoms with Gasteiger partial charge >= 0.3 is 0 Å². The van der Waals surface area contributed by atoms with E-state index in [1.807, 2.05) is 0 Å². The lowest BCUT2D eigenvalue weighted by atomic mass is 10.2. The van der Waals surface area contributed by atoms with Crippen LogP contribution in [0.1, 0.15) is 22.0 Å². The number of aryl methyl sites for hydroxylation is 1. The fraction of sp³-hybridized carbons (Fsp3) is 0.111. The smallest absolute Gasteiger partial charge is 0.203 e. The molecule has 2 aromatic heterocycles. The van der Waals surface area contributed by atoms with Crippen LogP contribution in [0.2, 0.25) is 10.0 Å². The van der Waals surface area contributed by atoms with E-state index >= 15 is 0 Å². The van der Waals surface area contributed by atoms with Gasteiger partial charge in [-0.3, -0.25) is 9.48 Å². The first-order valence-electron chi connectivity index (χ1n) is 7.40. The Morgan fingerprint density at radius 1 is 1.24 bits per heavy atom. The Labute approximate surface area is 154 Å². The highest BCUT2D eigenvalue weighted by Crippen LogP contribution is 2.27. The summed E-state index contributed by atoms with van der Waals surface area (Å²) < 4.78 is 12.7. The number of aromatic nitrogens is 2. The molecule has 0 aliphatic heterocycles. The summed E-state index contributed by atoms with van der Waals surface area (Å²) in [7, 11) is 1.71. The molecule has 0 saturated heterocycles. The van der Waals surface area contributed by atoms with Crippen molar-refractivity contribution >= 4 is 35.1 Å². The lowest BCUT2D eigenvalue weighted by Crippen LogP contribution is -2.03. The molecule has 0 radical (unpaired) electrons. The van der Waals surface area contributed by atoms with Gasteiger partial charge in [-0.15, -0.1) is 0 Å². The highest BCUT2D eigenvalue weighted by molar-refractivity contribution is 6.42. The van der Waals surface area contributed by atoms with Gasteiger partial charge in [0.1, 0.15) is 29.6 Å². The van der Waals surface area contributed by atoms with E-state index in [9.17, 15) is 4.79 Å². The van der Waals surface area contributed by atoms with E-state index in [4.69, 9.17) is 32.4 Å². The van der Waals surface area contributed by atoms with Crippen LogP contribution in [0.3, 0.4) is 0 Å². The van der Waals surface area contributed by atoms with Crippen molar-refractivity contribution in [3.63, 3.8) is 0 Å². The topological polar surface area (TPSA) is 57.3 Å². The van der Waals surface area contributed by atoms with Crippen molar-refractivity contribution in [2.45, 2.75) is 6.61 Å². The van der Waals surface area contributed by atoms with Crippen LogP contribution >= 0.6 is 23.2 Å². The minimum absolute atomic E-state index is 0.148. The van der Waals surface area contributed by atoms with Gasteiger partial charge in [-0.2, -0.15) is 5.10 Å². The Balaban J connectivity index is 1.60. The van der Waals surface area contributed by atoms with E-state index in [0.717, 1.165) is 0 Å². The number of carbonyl (C=O) groups excluding carboxylic acids is 1. The van der Waals surface area contributed by atoms with Gasteiger partial charge in [-0.05, 0) is 42.5 Å². The van der Waals surface area contributed by atoms with Crippen LogP contribution < -0.4 is 4.74 Å². The van der Waals surface area contributed by atoms with E-state index < -0.39 is 0 Å². The molecule has 5 nitrogen and oxygen atoms in total. The number of nitrogens with zero attached hydrogens (tertiary/aromatic N) is 2. The third kappa shape index (κ3) is 4.32. The number of benzene rings is 1. The molecule has 128 valence electrons. The van der Waals surface area contributed by atoms with Crippen molar-refractivity contribution in [2.24, 2.45) is 7.05 Å². The molecule has 0 aliphatic carbocycles. The summed E-state index contributed by atoms with van der Waals surface area (Å²) in [5.41, 5.74) is 0.506. The Morgan fingerprint density at radius 2 is 2.08 bits per heavy atom. The zero-order valence-electron chi connectivity index (χ0n) is 13.3. The maximum absolute atomic E-state index is 12.0. The van der Waals surface area contributed by atoms with Crippen LogP contribution in [-0.2, 0) is 13.7 Å². The standard InChI is InChI=1S/C18H14Cl2N2O3/c1-22-17(8-9-21-22)18(23)7-5-12-2-3-14(25-12)11-24-13-4-6-15(19)16(20)10-13/h2-10H,11H2,1H3/b7-5-. The summed E-state index contributed by atoms with van der Waals surface area (Å²) >= 11 is 11.8. The summed E-state index contributed by atoms with van der Waals surface area (Å²) in [6.07, 6.45) is 4.63. The van der Waals surface area contributed by atoms with Gasteiger partial charge in [0, 0.05) is 19.3 Å². The van der Waals surface area contributed by atoms with Crippen LogP contribution in [0.5, 0.6) is 5.75 Å². The van der Waals surface area contributed by atoms with E-state index in [1.165, 1.54) is 10.8 Å². The number of hydrogen-bond acceptors (Lipinski definition) is 4. The van der Waals surface area contributed by atoms with Gasteiger partial charge < -0.3 is 9.15 Å². The number of carbonyl (C=O) groups is 1. The van der Waals surface area contributed by atoms with Crippen LogP contribution in [-0.4, -0.2) is 15.6 Å². The molecular formula is C18H14Cl2N2O3. The largest absolute Gasteiger partial charge is 0.486 e. The Bertz CT molecular complexity index is 928. The molecule has 0 spiro atoms. The second kappa shape index (κ2) is 7.59. The Morgan fingerprint density at radius 3 is 2.80 bits per heavy atom. The Kier molecular flexibility index (Phi) is 5.26. The van der Waals surface area contributed by atoms with Gasteiger partial charge in [-0.25, -0.2) is 0 Å². The fourth-order valence-electron chi connectivity index (χ4n) is 2.14. The number of ketones is 1. The van der Waals surface area contributed by atoms with E-state index in [1.54, 1.807) is 55.7 Å². The molecule has 0 N–H and O–H groups in total. The van der Waals surface area contributed by atoms with Crippen LogP contribution in [0.4, 0.5) is 0 Å². The van der Waals surface area contributed by atoms with Crippen molar-refractivity contribution in [3.05, 3.63) is 75.9 Å². The predicted octanol–water partition coefficient (Wildman–Crippen LogP) is 4.80. The third-order valence-corrected chi connectivity index (χ3v) is 4.17. The van der Waals surface area contributed by atoms with Crippen molar-refractivity contribution in [2.75, 3.05) is 0 Å². The summed E-state index contributed by atoms with van der Waals surface area (Å²) in [5.74, 6) is 1.63. The van der Waals surface area contributed by atoms with Crippen molar-refractivity contribution in [3.8, 4) is 5.75 Å². The molecule has 0 amide bonds. The summed E-state index contributed by atoms with van der Waals surface area (Å²) in [5, 5.41) is 4.86. The zero-order valence-corrected chi connectivity index (χ0v) is 14.8. The maximum atomic E-state index is 12.0. The highest BCUT2D eigenvalue weighted by atomic mass is 35.5. The molecule has 25 heavy (non-hydrogen) atoms. The van der Waals surface area contributed by atoms with Crippen LogP contribution in [0.25, 0.3) is 6.08 Å². The average molecular weight is 377 g/mol. The second-order valence-electron chi connectivity index (χ2n) is 5.21. The van der Waals surface area contributed by atoms with Crippen molar-refractivity contribution in [1.29, 1.82) is 0 Å². The van der Waals surface area contributed by atoms with Crippen molar-refractivity contribution in [1.82, 2.24) is 9.78 Å². The monoisotopic (exact) mass is 376 g/mol. The van der Waals surface area contributed by atoms with Crippen LogP contribution in [0.15, 0.2) is 53.1 Å². The number of halogens is 2. The zero-order chi connectivity index (χ0) is 17.8. The summed E-state index contributed by atoms with van der Waals surface area (Å²) in [6, 6.07) is 10.2. The maximum Gasteiger partial charge on any atom is 0.203 e. The van der Waals surface area contributed by atoms with Gasteiger partial charge in [-0.1, -0.05) is 23.2 Å². The minimum atomic E-state index is -0.148. The quantitative estimate of drug-likeness (QED) is 0.458.